The van der Waals surface area contributed by atoms with Gasteiger partial charge in [0.15, 0.2) is 0 Å². The predicted molar refractivity (Wildman–Crippen MR) is 132 cm³/mol. The quantitative estimate of drug-likeness (QED) is 0.404. The molecule has 34 heavy (non-hydrogen) atoms. The molecule has 0 aliphatic carbocycles. The summed E-state index contributed by atoms with van der Waals surface area (Å²) in [5.41, 5.74) is 3.22. The van der Waals surface area contributed by atoms with E-state index in [0.717, 1.165) is 24.0 Å². The predicted octanol–water partition coefficient (Wildman–Crippen LogP) is 5.26. The van der Waals surface area contributed by atoms with Crippen molar-refractivity contribution in [2.45, 2.75) is 25.8 Å². The Kier molecular flexibility index (Phi) is 8.93. The van der Waals surface area contributed by atoms with E-state index in [1.54, 1.807) is 49.5 Å². The number of aryl methyl sites for hydroxylation is 1. The van der Waals surface area contributed by atoms with Gasteiger partial charge in [0.2, 0.25) is 0 Å². The Labute approximate surface area is 204 Å². The first-order chi connectivity index (χ1) is 16.4. The van der Waals surface area contributed by atoms with Crippen LogP contribution in [-0.4, -0.2) is 42.6 Å². The fourth-order valence-electron chi connectivity index (χ4n) is 3.69. The number of carboxylic acids is 1. The summed E-state index contributed by atoms with van der Waals surface area (Å²) in [5.74, 6) is 0.0645. The summed E-state index contributed by atoms with van der Waals surface area (Å²) < 4.78 is 10.7. The summed E-state index contributed by atoms with van der Waals surface area (Å²) in [4.78, 5) is 26.2. The number of ether oxygens (including phenoxy) is 2. The second-order valence-electron chi connectivity index (χ2n) is 7.95. The highest BCUT2D eigenvalue weighted by molar-refractivity contribution is 6.30. The van der Waals surface area contributed by atoms with Crippen molar-refractivity contribution in [3.05, 3.63) is 94.0 Å². The Morgan fingerprint density at radius 3 is 2.12 bits per heavy atom. The summed E-state index contributed by atoms with van der Waals surface area (Å²) in [6.45, 7) is 0.920. The fourth-order valence-corrected chi connectivity index (χ4v) is 3.90. The standard InChI is InChI=1S/C27H28ClNO5/c1-33-24-15-22(16-25(17-24)34-2)27(32)29(12-4-6-19-5-3-7-23(28)13-19)18-21-10-8-20(9-11-21)14-26(30)31/h3,5,7-11,13,15-17H,4,6,12,14,18H2,1-2H3,(H,30,31). The number of carboxylic acid groups (broad SMARTS) is 1. The average Bonchev–Trinajstić information content (AvgIpc) is 2.83. The Balaban J connectivity index is 1.80. The van der Waals surface area contributed by atoms with E-state index in [2.05, 4.69) is 0 Å². The molecule has 6 nitrogen and oxygen atoms in total. The molecule has 0 heterocycles. The summed E-state index contributed by atoms with van der Waals surface area (Å²) >= 11 is 6.10. The van der Waals surface area contributed by atoms with Gasteiger partial charge in [0, 0.05) is 29.7 Å². The number of hydrogen-bond acceptors (Lipinski definition) is 4. The first-order valence-corrected chi connectivity index (χ1v) is 11.3. The van der Waals surface area contributed by atoms with Crippen LogP contribution in [0.4, 0.5) is 0 Å². The molecular weight excluding hydrogens is 454 g/mol. The van der Waals surface area contributed by atoms with E-state index in [4.69, 9.17) is 26.2 Å². The van der Waals surface area contributed by atoms with Crippen LogP contribution in [0.3, 0.4) is 0 Å². The van der Waals surface area contributed by atoms with Gasteiger partial charge in [-0.05, 0) is 53.8 Å². The number of methoxy groups -OCH3 is 2. The first-order valence-electron chi connectivity index (χ1n) is 10.9. The molecular formula is C27H28ClNO5. The van der Waals surface area contributed by atoms with Gasteiger partial charge < -0.3 is 19.5 Å². The second kappa shape index (κ2) is 12.1. The minimum absolute atomic E-state index is 0.0356. The number of carbonyl (C=O) groups is 2. The molecule has 178 valence electrons. The zero-order valence-electron chi connectivity index (χ0n) is 19.3. The topological polar surface area (TPSA) is 76.1 Å². The zero-order chi connectivity index (χ0) is 24.5. The monoisotopic (exact) mass is 481 g/mol. The number of benzene rings is 3. The molecule has 0 saturated heterocycles. The van der Waals surface area contributed by atoms with Gasteiger partial charge >= 0.3 is 5.97 Å². The summed E-state index contributed by atoms with van der Waals surface area (Å²) in [6.07, 6.45) is 1.50. The van der Waals surface area contributed by atoms with Gasteiger partial charge in [-0.25, -0.2) is 0 Å². The van der Waals surface area contributed by atoms with Crippen molar-refractivity contribution >= 4 is 23.5 Å². The SMILES string of the molecule is COc1cc(OC)cc(C(=O)N(CCCc2cccc(Cl)c2)Cc2ccc(CC(=O)O)cc2)c1. The molecule has 3 rings (SSSR count). The molecule has 1 amide bonds. The van der Waals surface area contributed by atoms with Crippen LogP contribution in [0.25, 0.3) is 0 Å². The van der Waals surface area contributed by atoms with Crippen LogP contribution >= 0.6 is 11.6 Å². The molecule has 0 saturated carbocycles. The smallest absolute Gasteiger partial charge is 0.307 e. The van der Waals surface area contributed by atoms with Crippen molar-refractivity contribution in [2.75, 3.05) is 20.8 Å². The number of aliphatic carboxylic acids is 1. The normalized spacial score (nSPS) is 10.6. The van der Waals surface area contributed by atoms with Crippen molar-refractivity contribution in [3.8, 4) is 11.5 Å². The highest BCUT2D eigenvalue weighted by atomic mass is 35.5. The Morgan fingerprint density at radius 1 is 0.882 bits per heavy atom. The molecule has 0 unspecified atom stereocenters. The molecule has 0 fully saturated rings. The number of rotatable bonds is 11. The van der Waals surface area contributed by atoms with Gasteiger partial charge in [-0.1, -0.05) is 48.0 Å². The van der Waals surface area contributed by atoms with Crippen molar-refractivity contribution in [1.29, 1.82) is 0 Å². The maximum absolute atomic E-state index is 13.5. The molecule has 1 N–H and O–H groups in total. The molecule has 3 aromatic rings. The third kappa shape index (κ3) is 7.25. The fraction of sp³-hybridized carbons (Fsp3) is 0.259. The Morgan fingerprint density at radius 2 is 1.53 bits per heavy atom. The molecule has 0 atom stereocenters. The molecule has 0 aliphatic heterocycles. The highest BCUT2D eigenvalue weighted by Gasteiger charge is 2.18. The van der Waals surface area contributed by atoms with Crippen molar-refractivity contribution in [3.63, 3.8) is 0 Å². The lowest BCUT2D eigenvalue weighted by atomic mass is 10.1. The van der Waals surface area contributed by atoms with Crippen LogP contribution < -0.4 is 9.47 Å². The zero-order valence-corrected chi connectivity index (χ0v) is 20.0. The maximum atomic E-state index is 13.5. The molecule has 0 aliphatic rings. The van der Waals surface area contributed by atoms with Gasteiger partial charge in [0.05, 0.1) is 20.6 Å². The summed E-state index contributed by atoms with van der Waals surface area (Å²) in [6, 6.07) is 20.1. The number of carbonyl (C=O) groups excluding carboxylic acids is 1. The lowest BCUT2D eigenvalue weighted by molar-refractivity contribution is -0.136. The van der Waals surface area contributed by atoms with Gasteiger partial charge in [-0.3, -0.25) is 9.59 Å². The van der Waals surface area contributed by atoms with Crippen molar-refractivity contribution in [1.82, 2.24) is 4.90 Å². The van der Waals surface area contributed by atoms with Crippen LogP contribution in [0.5, 0.6) is 11.5 Å². The molecule has 0 bridgehead atoms. The number of nitrogens with zero attached hydrogens (tertiary/aromatic N) is 1. The van der Waals surface area contributed by atoms with Gasteiger partial charge in [-0.2, -0.15) is 0 Å². The molecule has 3 aromatic carbocycles. The molecule has 0 aromatic heterocycles. The van der Waals surface area contributed by atoms with E-state index in [1.165, 1.54) is 0 Å². The van der Waals surface area contributed by atoms with Gasteiger partial charge in [0.1, 0.15) is 11.5 Å². The second-order valence-corrected chi connectivity index (χ2v) is 8.38. The van der Waals surface area contributed by atoms with Crippen LogP contribution in [0.2, 0.25) is 5.02 Å². The third-order valence-electron chi connectivity index (χ3n) is 5.42. The summed E-state index contributed by atoms with van der Waals surface area (Å²) in [7, 11) is 3.09. The highest BCUT2D eigenvalue weighted by Crippen LogP contribution is 2.24. The third-order valence-corrected chi connectivity index (χ3v) is 5.65. The van der Waals surface area contributed by atoms with Crippen LogP contribution in [0, 0.1) is 0 Å². The minimum atomic E-state index is -0.877. The minimum Gasteiger partial charge on any atom is -0.497 e. The van der Waals surface area contributed by atoms with E-state index >= 15 is 0 Å². The molecule has 0 radical (unpaired) electrons. The van der Waals surface area contributed by atoms with E-state index in [-0.39, 0.29) is 12.3 Å². The van der Waals surface area contributed by atoms with Crippen molar-refractivity contribution in [2.24, 2.45) is 0 Å². The first kappa shape index (κ1) is 25.1. The molecule has 0 spiro atoms. The van der Waals surface area contributed by atoms with E-state index in [9.17, 15) is 9.59 Å². The Bertz CT molecular complexity index is 1110. The number of hydrogen-bond donors (Lipinski definition) is 1. The summed E-state index contributed by atoms with van der Waals surface area (Å²) in [5, 5.41) is 9.68. The number of halogens is 1. The van der Waals surface area contributed by atoms with Crippen LogP contribution in [-0.2, 0) is 24.2 Å². The van der Waals surface area contributed by atoms with Crippen molar-refractivity contribution < 1.29 is 24.2 Å². The van der Waals surface area contributed by atoms with Crippen LogP contribution in [0.15, 0.2) is 66.7 Å². The van der Waals surface area contributed by atoms with E-state index in [0.29, 0.717) is 40.7 Å². The average molecular weight is 482 g/mol. The Hall–Kier alpha value is -3.51. The van der Waals surface area contributed by atoms with Gasteiger partial charge in [-0.15, -0.1) is 0 Å². The molecule has 7 heteroatoms. The van der Waals surface area contributed by atoms with E-state index < -0.39 is 5.97 Å². The van der Waals surface area contributed by atoms with Crippen LogP contribution in [0.1, 0.15) is 33.5 Å². The number of amides is 1. The lowest BCUT2D eigenvalue weighted by Gasteiger charge is -2.24. The van der Waals surface area contributed by atoms with Gasteiger partial charge in [0.25, 0.3) is 5.91 Å². The van der Waals surface area contributed by atoms with E-state index in [1.807, 2.05) is 36.4 Å². The largest absolute Gasteiger partial charge is 0.497 e. The lowest BCUT2D eigenvalue weighted by Crippen LogP contribution is -2.32. The maximum Gasteiger partial charge on any atom is 0.307 e.